The van der Waals surface area contributed by atoms with Gasteiger partial charge in [-0.3, -0.25) is 4.79 Å². The Kier molecular flexibility index (Phi) is 4.79. The number of hydrogen-bond acceptors (Lipinski definition) is 5. The molecule has 4 rings (SSSR count). The van der Waals surface area contributed by atoms with Crippen molar-refractivity contribution >= 4 is 23.7 Å². The number of phenols is 1. The average Bonchev–Trinajstić information content (AvgIpc) is 3.07. The summed E-state index contributed by atoms with van der Waals surface area (Å²) in [4.78, 5) is 13.2. The van der Waals surface area contributed by atoms with E-state index in [2.05, 4.69) is 0 Å². The van der Waals surface area contributed by atoms with Gasteiger partial charge in [-0.2, -0.15) is 0 Å². The third-order valence-corrected chi connectivity index (χ3v) is 5.77. The van der Waals surface area contributed by atoms with E-state index in [9.17, 15) is 9.90 Å². The van der Waals surface area contributed by atoms with Crippen molar-refractivity contribution in [1.29, 1.82) is 0 Å². The van der Waals surface area contributed by atoms with Crippen molar-refractivity contribution in [3.05, 3.63) is 70.6 Å². The number of fused-ring (bicyclic) bond motifs is 1. The van der Waals surface area contributed by atoms with E-state index in [0.717, 1.165) is 34.5 Å². The molecule has 3 aromatic rings. The number of methoxy groups -OCH3 is 1. The molecule has 1 heterocycles. The summed E-state index contributed by atoms with van der Waals surface area (Å²) >= 11 is 1.68. The molecule has 5 heteroatoms. The number of carbonyl (C=O) groups is 1. The maximum absolute atomic E-state index is 11.0. The number of aromatic hydroxyl groups is 1. The number of phenolic OH excluding ortho intramolecular Hbond substituents is 1. The first-order chi connectivity index (χ1) is 13.2. The molecule has 0 fully saturated rings. The van der Waals surface area contributed by atoms with Crippen LogP contribution in [0.3, 0.4) is 0 Å². The zero-order valence-electron chi connectivity index (χ0n) is 14.7. The van der Waals surface area contributed by atoms with E-state index in [4.69, 9.17) is 9.47 Å². The molecule has 1 atom stereocenters. The van der Waals surface area contributed by atoms with E-state index in [1.54, 1.807) is 54.8 Å². The molecule has 0 radical (unpaired) electrons. The maximum atomic E-state index is 11.0. The number of ether oxygens (including phenoxy) is 2. The second-order valence-electron chi connectivity index (χ2n) is 6.27. The zero-order chi connectivity index (χ0) is 18.8. The summed E-state index contributed by atoms with van der Waals surface area (Å²) in [5, 5.41) is 9.51. The Labute approximate surface area is 161 Å². The molecule has 0 spiro atoms. The van der Waals surface area contributed by atoms with Crippen LogP contribution in [0.15, 0.2) is 54.6 Å². The molecule has 1 aromatic heterocycles. The van der Waals surface area contributed by atoms with Crippen LogP contribution < -0.4 is 4.74 Å². The highest BCUT2D eigenvalue weighted by Gasteiger charge is 2.24. The van der Waals surface area contributed by atoms with Crippen molar-refractivity contribution in [2.45, 2.75) is 12.5 Å². The third-order valence-electron chi connectivity index (χ3n) is 4.51. The Morgan fingerprint density at radius 3 is 2.52 bits per heavy atom. The topological polar surface area (TPSA) is 55.8 Å². The minimum absolute atomic E-state index is 0.0583. The summed E-state index contributed by atoms with van der Waals surface area (Å²) in [6, 6.07) is 14.2. The SMILES string of the molecule is COC1C=Cc2c(sc(-c3ccc(C=O)cc3)c2Oc2ccc(O)cc2)C1. The van der Waals surface area contributed by atoms with Gasteiger partial charge in [0.25, 0.3) is 0 Å². The lowest BCUT2D eigenvalue weighted by molar-refractivity contribution is 0.112. The van der Waals surface area contributed by atoms with Gasteiger partial charge in [-0.15, -0.1) is 11.3 Å². The second kappa shape index (κ2) is 7.39. The van der Waals surface area contributed by atoms with Gasteiger partial charge in [0.1, 0.15) is 17.8 Å². The number of hydrogen-bond donors (Lipinski definition) is 1. The molecule has 1 aliphatic rings. The second-order valence-corrected chi connectivity index (χ2v) is 7.38. The van der Waals surface area contributed by atoms with Gasteiger partial charge in [-0.25, -0.2) is 0 Å². The average molecular weight is 378 g/mol. The minimum atomic E-state index is 0.0583. The first-order valence-electron chi connectivity index (χ1n) is 8.57. The van der Waals surface area contributed by atoms with Crippen LogP contribution >= 0.6 is 11.3 Å². The molecule has 0 saturated heterocycles. The Hall–Kier alpha value is -2.89. The Bertz CT molecular complexity index is 984. The van der Waals surface area contributed by atoms with Crippen LogP contribution in [0.1, 0.15) is 20.8 Å². The number of benzene rings is 2. The molecule has 1 unspecified atom stereocenters. The molecule has 4 nitrogen and oxygen atoms in total. The van der Waals surface area contributed by atoms with Crippen LogP contribution in [0.2, 0.25) is 0 Å². The lowest BCUT2D eigenvalue weighted by atomic mass is 10.0. The quantitative estimate of drug-likeness (QED) is 0.611. The lowest BCUT2D eigenvalue weighted by Gasteiger charge is -2.15. The highest BCUT2D eigenvalue weighted by Crippen LogP contribution is 2.47. The van der Waals surface area contributed by atoms with E-state index in [1.165, 1.54) is 4.88 Å². The summed E-state index contributed by atoms with van der Waals surface area (Å²) in [7, 11) is 1.71. The molecular formula is C22H18O4S. The summed E-state index contributed by atoms with van der Waals surface area (Å²) in [6.07, 6.45) is 5.78. The van der Waals surface area contributed by atoms with E-state index < -0.39 is 0 Å². The normalized spacial score (nSPS) is 15.4. The molecule has 1 aliphatic carbocycles. The third kappa shape index (κ3) is 3.52. The molecule has 27 heavy (non-hydrogen) atoms. The van der Waals surface area contributed by atoms with E-state index in [-0.39, 0.29) is 11.9 Å². The van der Waals surface area contributed by atoms with Crippen LogP contribution in [-0.2, 0) is 11.2 Å². The first-order valence-corrected chi connectivity index (χ1v) is 9.38. The van der Waals surface area contributed by atoms with Crippen molar-refractivity contribution in [3.63, 3.8) is 0 Å². The van der Waals surface area contributed by atoms with Crippen LogP contribution in [0.5, 0.6) is 17.2 Å². The maximum Gasteiger partial charge on any atom is 0.153 e. The highest BCUT2D eigenvalue weighted by atomic mass is 32.1. The lowest BCUT2D eigenvalue weighted by Crippen LogP contribution is -2.13. The highest BCUT2D eigenvalue weighted by molar-refractivity contribution is 7.16. The van der Waals surface area contributed by atoms with E-state index in [1.807, 2.05) is 24.3 Å². The zero-order valence-corrected chi connectivity index (χ0v) is 15.5. The summed E-state index contributed by atoms with van der Waals surface area (Å²) in [6.45, 7) is 0. The van der Waals surface area contributed by atoms with Crippen LogP contribution in [0, 0.1) is 0 Å². The van der Waals surface area contributed by atoms with Crippen molar-refractivity contribution < 1.29 is 19.4 Å². The number of carbonyl (C=O) groups excluding carboxylic acids is 1. The first kappa shape index (κ1) is 17.5. The minimum Gasteiger partial charge on any atom is -0.508 e. The number of aldehydes is 1. The molecule has 1 N–H and O–H groups in total. The molecule has 136 valence electrons. The van der Waals surface area contributed by atoms with Gasteiger partial charge >= 0.3 is 0 Å². The summed E-state index contributed by atoms with van der Waals surface area (Å²) < 4.78 is 11.7. The molecule has 2 aromatic carbocycles. The van der Waals surface area contributed by atoms with Crippen LogP contribution in [0.4, 0.5) is 0 Å². The van der Waals surface area contributed by atoms with Gasteiger partial charge in [0.05, 0.1) is 11.0 Å². The fourth-order valence-electron chi connectivity index (χ4n) is 3.05. The van der Waals surface area contributed by atoms with Gasteiger partial charge in [0, 0.05) is 29.5 Å². The molecule has 0 saturated carbocycles. The van der Waals surface area contributed by atoms with Crippen molar-refractivity contribution in [1.82, 2.24) is 0 Å². The van der Waals surface area contributed by atoms with Crippen molar-refractivity contribution in [3.8, 4) is 27.7 Å². The molecule has 0 aliphatic heterocycles. The number of rotatable bonds is 5. The van der Waals surface area contributed by atoms with Gasteiger partial charge < -0.3 is 14.6 Å². The standard InChI is InChI=1S/C22H18O4S/c1-25-18-10-11-19-20(12-18)27-22(15-4-2-14(13-23)3-5-15)21(19)26-17-8-6-16(24)7-9-17/h2-11,13,18,24H,12H2,1H3. The van der Waals surface area contributed by atoms with E-state index >= 15 is 0 Å². The van der Waals surface area contributed by atoms with Crippen molar-refractivity contribution in [2.24, 2.45) is 0 Å². The van der Waals surface area contributed by atoms with Gasteiger partial charge in [0.15, 0.2) is 5.75 Å². The van der Waals surface area contributed by atoms with Gasteiger partial charge in [0.2, 0.25) is 0 Å². The fraction of sp³-hybridized carbons (Fsp3) is 0.136. The van der Waals surface area contributed by atoms with Crippen LogP contribution in [0.25, 0.3) is 16.5 Å². The molecule has 0 amide bonds. The predicted octanol–water partition coefficient (Wildman–Crippen LogP) is 5.31. The monoisotopic (exact) mass is 378 g/mol. The van der Waals surface area contributed by atoms with E-state index in [0.29, 0.717) is 11.3 Å². The fourth-order valence-corrected chi connectivity index (χ4v) is 4.31. The van der Waals surface area contributed by atoms with Crippen LogP contribution in [-0.4, -0.2) is 24.6 Å². The Morgan fingerprint density at radius 2 is 1.85 bits per heavy atom. The summed E-state index contributed by atoms with van der Waals surface area (Å²) in [5.74, 6) is 1.63. The van der Waals surface area contributed by atoms with Crippen molar-refractivity contribution in [2.75, 3.05) is 7.11 Å². The Morgan fingerprint density at radius 1 is 1.11 bits per heavy atom. The largest absolute Gasteiger partial charge is 0.508 e. The molecule has 0 bridgehead atoms. The van der Waals surface area contributed by atoms with Gasteiger partial charge in [-0.1, -0.05) is 36.4 Å². The smallest absolute Gasteiger partial charge is 0.153 e. The molecular weight excluding hydrogens is 360 g/mol. The number of thiophene rings is 1. The predicted molar refractivity (Wildman–Crippen MR) is 107 cm³/mol. The van der Waals surface area contributed by atoms with Gasteiger partial charge in [-0.05, 0) is 29.8 Å². The summed E-state index contributed by atoms with van der Waals surface area (Å²) in [5.41, 5.74) is 2.69. The Balaban J connectivity index is 1.79.